The highest BCUT2D eigenvalue weighted by atomic mass is 15.4. The van der Waals surface area contributed by atoms with Gasteiger partial charge < -0.3 is 5.32 Å². The fourth-order valence-corrected chi connectivity index (χ4v) is 1.83. The molecule has 2 rings (SSSR count). The van der Waals surface area contributed by atoms with Crippen LogP contribution in [-0.4, -0.2) is 31.0 Å². The van der Waals surface area contributed by atoms with Gasteiger partial charge in [0.2, 0.25) is 0 Å². The number of aryl methyl sites for hydroxylation is 1. The van der Waals surface area contributed by atoms with Crippen LogP contribution in [0.3, 0.4) is 0 Å². The number of aromatic nitrogens is 5. The van der Waals surface area contributed by atoms with E-state index >= 15 is 0 Å². The number of hydrogen-bond acceptors (Lipinski definition) is 5. The lowest BCUT2D eigenvalue weighted by molar-refractivity contribution is 0.547. The topological polar surface area (TPSA) is 68.5 Å². The van der Waals surface area contributed by atoms with Crippen LogP contribution in [0, 0.1) is 0 Å². The van der Waals surface area contributed by atoms with Crippen molar-refractivity contribution >= 4 is 17.0 Å². The van der Waals surface area contributed by atoms with Crippen molar-refractivity contribution in [1.82, 2.24) is 25.0 Å². The molecule has 1 N–H and O–H groups in total. The Bertz CT molecular complexity index is 504. The molecule has 0 aliphatic rings. The summed E-state index contributed by atoms with van der Waals surface area (Å²) in [6.45, 7) is 7.19. The Kier molecular flexibility index (Phi) is 4.07. The number of nitrogens with one attached hydrogen (secondary N) is 1. The molecule has 6 heteroatoms. The van der Waals surface area contributed by atoms with E-state index < -0.39 is 0 Å². The van der Waals surface area contributed by atoms with E-state index in [0.29, 0.717) is 6.04 Å². The molecule has 18 heavy (non-hydrogen) atoms. The van der Waals surface area contributed by atoms with E-state index in [1.165, 1.54) is 12.8 Å². The highest BCUT2D eigenvalue weighted by Crippen LogP contribution is 2.17. The van der Waals surface area contributed by atoms with E-state index in [2.05, 4.69) is 46.4 Å². The summed E-state index contributed by atoms with van der Waals surface area (Å²) >= 11 is 0. The van der Waals surface area contributed by atoms with Crippen LogP contribution in [0.4, 0.5) is 5.82 Å². The van der Waals surface area contributed by atoms with Crippen molar-refractivity contribution in [3.63, 3.8) is 0 Å². The number of nitrogens with zero attached hydrogens (tertiary/aromatic N) is 5. The van der Waals surface area contributed by atoms with Crippen LogP contribution in [0.5, 0.6) is 0 Å². The molecule has 0 aliphatic heterocycles. The van der Waals surface area contributed by atoms with Gasteiger partial charge in [-0.15, -0.1) is 5.10 Å². The molecule has 0 saturated heterocycles. The molecule has 0 spiro atoms. The third kappa shape index (κ3) is 2.75. The van der Waals surface area contributed by atoms with Crippen molar-refractivity contribution in [2.45, 2.75) is 52.6 Å². The summed E-state index contributed by atoms with van der Waals surface area (Å²) in [5, 5.41) is 11.6. The fraction of sp³-hybridized carbons (Fsp3) is 0.667. The molecule has 6 nitrogen and oxygen atoms in total. The van der Waals surface area contributed by atoms with E-state index in [9.17, 15) is 0 Å². The van der Waals surface area contributed by atoms with Crippen LogP contribution in [0.1, 0.15) is 40.0 Å². The van der Waals surface area contributed by atoms with Crippen LogP contribution >= 0.6 is 0 Å². The summed E-state index contributed by atoms with van der Waals surface area (Å²) in [5.74, 6) is 0.761. The summed E-state index contributed by atoms with van der Waals surface area (Å²) in [6, 6.07) is 0.313. The number of anilines is 1. The first-order chi connectivity index (χ1) is 8.72. The molecule has 0 aromatic carbocycles. The first kappa shape index (κ1) is 12.7. The molecule has 2 heterocycles. The minimum Gasteiger partial charge on any atom is -0.366 e. The van der Waals surface area contributed by atoms with Gasteiger partial charge in [0.15, 0.2) is 17.0 Å². The zero-order chi connectivity index (χ0) is 13.0. The summed E-state index contributed by atoms with van der Waals surface area (Å²) in [6.07, 6.45) is 5.06. The third-order valence-electron chi connectivity index (χ3n) is 2.70. The lowest BCUT2D eigenvalue weighted by Gasteiger charge is -2.08. The molecule has 98 valence electrons. The van der Waals surface area contributed by atoms with Crippen molar-refractivity contribution in [3.05, 3.63) is 6.33 Å². The fourth-order valence-electron chi connectivity index (χ4n) is 1.83. The molecule has 0 radical (unpaired) electrons. The van der Waals surface area contributed by atoms with Crippen LogP contribution in [-0.2, 0) is 6.54 Å². The average Bonchev–Trinajstić information content (AvgIpc) is 2.74. The van der Waals surface area contributed by atoms with Gasteiger partial charge in [0, 0.05) is 12.6 Å². The van der Waals surface area contributed by atoms with Crippen molar-refractivity contribution in [2.75, 3.05) is 5.32 Å². The maximum absolute atomic E-state index is 4.27. The van der Waals surface area contributed by atoms with Crippen molar-refractivity contribution in [1.29, 1.82) is 0 Å². The second kappa shape index (κ2) is 5.75. The molecule has 0 bridgehead atoms. The van der Waals surface area contributed by atoms with Gasteiger partial charge >= 0.3 is 0 Å². The van der Waals surface area contributed by atoms with E-state index in [1.54, 1.807) is 6.33 Å². The zero-order valence-electron chi connectivity index (χ0n) is 11.2. The molecular formula is C12H20N6. The number of unbranched alkanes of at least 4 members (excludes halogenated alkanes) is 2. The van der Waals surface area contributed by atoms with E-state index in [0.717, 1.165) is 29.9 Å². The first-order valence-corrected chi connectivity index (χ1v) is 6.53. The predicted octanol–water partition coefficient (Wildman–Crippen LogP) is 2.23. The summed E-state index contributed by atoms with van der Waals surface area (Å²) < 4.78 is 1.86. The van der Waals surface area contributed by atoms with Gasteiger partial charge in [-0.05, 0) is 20.3 Å². The van der Waals surface area contributed by atoms with Gasteiger partial charge in [-0.3, -0.25) is 0 Å². The molecule has 2 aromatic heterocycles. The van der Waals surface area contributed by atoms with Crippen LogP contribution in [0.25, 0.3) is 11.2 Å². The van der Waals surface area contributed by atoms with Gasteiger partial charge in [-0.2, -0.15) is 0 Å². The summed E-state index contributed by atoms with van der Waals surface area (Å²) in [7, 11) is 0. The summed E-state index contributed by atoms with van der Waals surface area (Å²) in [5.41, 5.74) is 1.56. The van der Waals surface area contributed by atoms with Gasteiger partial charge in [-0.1, -0.05) is 25.0 Å². The Morgan fingerprint density at radius 3 is 2.83 bits per heavy atom. The maximum atomic E-state index is 4.27. The van der Waals surface area contributed by atoms with Crippen molar-refractivity contribution in [2.24, 2.45) is 0 Å². The molecule has 0 unspecified atom stereocenters. The van der Waals surface area contributed by atoms with Crippen LogP contribution in [0.15, 0.2) is 6.33 Å². The standard InChI is InChI=1S/C12H20N6/c1-4-5-6-7-18-12-10(16-17-18)11(13-8-14-12)15-9(2)3/h8-9H,4-7H2,1-3H3,(H,13,14,15). The minimum atomic E-state index is 0.313. The molecule has 0 saturated carbocycles. The largest absolute Gasteiger partial charge is 0.366 e. The second-order valence-corrected chi connectivity index (χ2v) is 4.71. The van der Waals surface area contributed by atoms with E-state index in [4.69, 9.17) is 0 Å². The van der Waals surface area contributed by atoms with Crippen LogP contribution in [0.2, 0.25) is 0 Å². The predicted molar refractivity (Wildman–Crippen MR) is 71.4 cm³/mol. The maximum Gasteiger partial charge on any atom is 0.183 e. The van der Waals surface area contributed by atoms with Crippen molar-refractivity contribution < 1.29 is 0 Å². The van der Waals surface area contributed by atoms with Crippen LogP contribution < -0.4 is 5.32 Å². The first-order valence-electron chi connectivity index (χ1n) is 6.53. The second-order valence-electron chi connectivity index (χ2n) is 4.71. The smallest absolute Gasteiger partial charge is 0.183 e. The molecule has 0 aliphatic carbocycles. The molecule has 2 aromatic rings. The van der Waals surface area contributed by atoms with Gasteiger partial charge in [0.05, 0.1) is 0 Å². The number of fused-ring (bicyclic) bond motifs is 1. The van der Waals surface area contributed by atoms with E-state index in [1.807, 2.05) is 4.68 Å². The quantitative estimate of drug-likeness (QED) is 0.794. The van der Waals surface area contributed by atoms with Gasteiger partial charge in [0.1, 0.15) is 6.33 Å². The Morgan fingerprint density at radius 1 is 1.28 bits per heavy atom. The molecule has 0 fully saturated rings. The minimum absolute atomic E-state index is 0.313. The van der Waals surface area contributed by atoms with Crippen molar-refractivity contribution in [3.8, 4) is 0 Å². The summed E-state index contributed by atoms with van der Waals surface area (Å²) in [4.78, 5) is 8.49. The Hall–Kier alpha value is -1.72. The SMILES string of the molecule is CCCCCn1nnc2c(NC(C)C)ncnc21. The highest BCUT2D eigenvalue weighted by Gasteiger charge is 2.11. The van der Waals surface area contributed by atoms with Gasteiger partial charge in [0.25, 0.3) is 0 Å². The lowest BCUT2D eigenvalue weighted by atomic mass is 10.2. The van der Waals surface area contributed by atoms with Gasteiger partial charge in [-0.25, -0.2) is 14.6 Å². The molecule has 0 atom stereocenters. The third-order valence-corrected chi connectivity index (χ3v) is 2.70. The Labute approximate surface area is 107 Å². The number of hydrogen-bond donors (Lipinski definition) is 1. The average molecular weight is 248 g/mol. The monoisotopic (exact) mass is 248 g/mol. The number of rotatable bonds is 6. The normalized spacial score (nSPS) is 11.3. The molecule has 0 amide bonds. The zero-order valence-corrected chi connectivity index (χ0v) is 11.2. The Morgan fingerprint density at radius 2 is 2.11 bits per heavy atom. The highest BCUT2D eigenvalue weighted by molar-refractivity contribution is 5.81. The Balaban J connectivity index is 2.24. The molecular weight excluding hydrogens is 228 g/mol. The van der Waals surface area contributed by atoms with E-state index in [-0.39, 0.29) is 0 Å². The lowest BCUT2D eigenvalue weighted by Crippen LogP contribution is -2.11.